The number of urea groups is 1. The fraction of sp³-hybridized carbons (Fsp3) is 0.267. The number of ether oxygens (including phenoxy) is 3. The summed E-state index contributed by atoms with van der Waals surface area (Å²) in [6, 6.07) is 26.5. The van der Waals surface area contributed by atoms with Crippen LogP contribution in [0.25, 0.3) is 0 Å². The van der Waals surface area contributed by atoms with Gasteiger partial charge in [-0.25, -0.2) is 9.59 Å². The predicted molar refractivity (Wildman–Crippen MR) is 238 cm³/mol. The lowest BCUT2D eigenvalue weighted by Crippen LogP contribution is -2.71. The monoisotopic (exact) mass is 942 g/mol. The second kappa shape index (κ2) is 21.2. The van der Waals surface area contributed by atoms with Gasteiger partial charge in [-0.1, -0.05) is 90.5 Å². The summed E-state index contributed by atoms with van der Waals surface area (Å²) in [5.41, 5.74) is 9.13. The molecule has 346 valence electrons. The number of nitrogens with two attached hydrogens (primary N) is 1. The van der Waals surface area contributed by atoms with Crippen molar-refractivity contribution in [1.82, 2.24) is 25.3 Å². The topological polar surface area (TPSA) is 261 Å². The van der Waals surface area contributed by atoms with E-state index in [1.165, 1.54) is 64.9 Å². The lowest BCUT2D eigenvalue weighted by Gasteiger charge is -2.49. The molecule has 3 heterocycles. The largest absolute Gasteiger partial charge is 0.516 e. The number of nitrogens with one attached hydrogen (secondary N) is 2. The van der Waals surface area contributed by atoms with Crippen molar-refractivity contribution in [2.75, 3.05) is 37.7 Å². The number of nitrogen functional groups attached to an aromatic ring is 1. The van der Waals surface area contributed by atoms with E-state index in [1.807, 2.05) is 19.1 Å². The van der Waals surface area contributed by atoms with Crippen LogP contribution in [0.2, 0.25) is 0 Å². The quantitative estimate of drug-likeness (QED) is 0.0513. The number of hydrogen-bond acceptors (Lipinski definition) is 14. The number of piperazine rings is 1. The van der Waals surface area contributed by atoms with Crippen LogP contribution in [0, 0.1) is 6.92 Å². The van der Waals surface area contributed by atoms with Gasteiger partial charge >= 0.3 is 30.0 Å². The number of likely N-dealkylation sites (N-methyl/N-ethyl adjacent to an activating group) is 1. The van der Waals surface area contributed by atoms with Gasteiger partial charge in [0, 0.05) is 43.6 Å². The Labute approximate surface area is 384 Å². The van der Waals surface area contributed by atoms with Gasteiger partial charge < -0.3 is 35.5 Å². The summed E-state index contributed by atoms with van der Waals surface area (Å²) in [7, 11) is -4.02. The summed E-state index contributed by atoms with van der Waals surface area (Å²) in [4.78, 5) is 94.7. The van der Waals surface area contributed by atoms with Crippen LogP contribution < -0.4 is 16.4 Å². The van der Waals surface area contributed by atoms with Crippen LogP contribution in [0.5, 0.6) is 0 Å². The zero-order valence-electron chi connectivity index (χ0n) is 35.8. The third-order valence-electron chi connectivity index (χ3n) is 10.4. The van der Waals surface area contributed by atoms with Crippen molar-refractivity contribution in [3.8, 4) is 0 Å². The molecule has 4 aromatic rings. The summed E-state index contributed by atoms with van der Waals surface area (Å²) < 4.78 is 46.3. The van der Waals surface area contributed by atoms with E-state index in [2.05, 4.69) is 10.6 Å². The molecule has 0 spiro atoms. The van der Waals surface area contributed by atoms with Gasteiger partial charge in [0.15, 0.2) is 6.10 Å². The Bertz CT molecular complexity index is 2580. The highest BCUT2D eigenvalue weighted by molar-refractivity contribution is 8.00. The molecule has 0 aliphatic carbocycles. The molecule has 7 rings (SSSR count). The fourth-order valence-corrected chi connectivity index (χ4v) is 8.69. The number of fused-ring (bicyclic) bond motifs is 1. The Morgan fingerprint density at radius 1 is 0.848 bits per heavy atom. The van der Waals surface area contributed by atoms with Gasteiger partial charge in [-0.05, 0) is 54.8 Å². The fourth-order valence-electron chi connectivity index (χ4n) is 6.91. The summed E-state index contributed by atoms with van der Waals surface area (Å²) in [5.74, 6) is -3.97. The van der Waals surface area contributed by atoms with Gasteiger partial charge in [0.1, 0.15) is 24.1 Å². The Morgan fingerprint density at radius 2 is 1.45 bits per heavy atom. The summed E-state index contributed by atoms with van der Waals surface area (Å²) >= 11 is 1.22. The molecule has 21 heteroatoms. The van der Waals surface area contributed by atoms with Crippen molar-refractivity contribution < 1.29 is 60.7 Å². The Kier molecular flexibility index (Phi) is 15.5. The van der Waals surface area contributed by atoms with E-state index in [0.29, 0.717) is 28.9 Å². The molecule has 19 nitrogen and oxygen atoms in total. The third-order valence-corrected chi connectivity index (χ3v) is 12.6. The Balaban J connectivity index is 0.000000574. The molecule has 66 heavy (non-hydrogen) atoms. The van der Waals surface area contributed by atoms with E-state index in [4.69, 9.17) is 24.5 Å². The average molecular weight is 943 g/mol. The van der Waals surface area contributed by atoms with E-state index in [1.54, 1.807) is 67.6 Å². The lowest BCUT2D eigenvalue weighted by atomic mass is 10.0. The molecular weight excluding hydrogens is 897 g/mol. The second-order valence-corrected chi connectivity index (χ2v) is 17.5. The number of carbonyl (C=O) groups is 7. The number of carbonyl (C=O) groups excluding carboxylic acids is 7. The molecule has 2 fully saturated rings. The molecule has 2 saturated heterocycles. The number of hydrogen-bond donors (Lipinski definition) is 4. The average Bonchev–Trinajstić information content (AvgIpc) is 3.30. The van der Waals surface area contributed by atoms with Gasteiger partial charge in [-0.2, -0.15) is 8.42 Å². The number of benzene rings is 4. The van der Waals surface area contributed by atoms with E-state index in [-0.39, 0.29) is 41.8 Å². The molecule has 0 radical (unpaired) electrons. The van der Waals surface area contributed by atoms with Crippen LogP contribution in [-0.4, -0.2) is 113 Å². The van der Waals surface area contributed by atoms with E-state index in [9.17, 15) is 42.0 Å². The van der Waals surface area contributed by atoms with Crippen molar-refractivity contribution in [3.63, 3.8) is 0 Å². The molecule has 6 amide bonds. The Morgan fingerprint density at radius 3 is 2.02 bits per heavy atom. The molecule has 4 aromatic carbocycles. The smallest absolute Gasteiger partial charge is 0.461 e. The first-order valence-electron chi connectivity index (χ1n) is 20.4. The SMILES string of the molecule is CCN1CCN(C(=O)N[C@@H](C(=O)N[C@@H]2C(=O)N3C(OC(=O)OC(c4ccccc4)c4ccccc4)=C(COC(C)=O)CS[C@@H]23)c2ccc(N)cc2)C(=O)C1=O.Cc1ccc(S(=O)(=O)O)cc1. The maximum absolute atomic E-state index is 13.9. The summed E-state index contributed by atoms with van der Waals surface area (Å²) in [6.07, 6.45) is -1.98. The maximum atomic E-state index is 13.9. The minimum Gasteiger partial charge on any atom is -0.461 e. The summed E-state index contributed by atoms with van der Waals surface area (Å²) in [6.45, 7) is 4.82. The van der Waals surface area contributed by atoms with Gasteiger partial charge in [0.25, 0.3) is 16.0 Å². The van der Waals surface area contributed by atoms with Gasteiger partial charge in [-0.15, -0.1) is 11.8 Å². The number of imide groups is 1. The van der Waals surface area contributed by atoms with Crippen LogP contribution in [0.1, 0.15) is 48.2 Å². The van der Waals surface area contributed by atoms with Crippen molar-refractivity contribution in [1.29, 1.82) is 0 Å². The number of amides is 6. The highest BCUT2D eigenvalue weighted by atomic mass is 32.2. The molecule has 5 N–H and O–H groups in total. The number of aryl methyl sites for hydroxylation is 1. The molecule has 3 aliphatic rings. The molecule has 0 saturated carbocycles. The van der Waals surface area contributed by atoms with Crippen LogP contribution in [0.4, 0.5) is 15.3 Å². The highest BCUT2D eigenvalue weighted by Gasteiger charge is 2.55. The lowest BCUT2D eigenvalue weighted by molar-refractivity contribution is -0.153. The Hall–Kier alpha value is -7.23. The maximum Gasteiger partial charge on any atom is 0.516 e. The predicted octanol–water partition coefficient (Wildman–Crippen LogP) is 4.07. The number of rotatable bonds is 12. The molecule has 0 unspecified atom stereocenters. The third kappa shape index (κ3) is 11.5. The molecule has 3 atom stereocenters. The number of esters is 1. The molecular formula is C45H46N6O13S2. The van der Waals surface area contributed by atoms with Crippen LogP contribution >= 0.6 is 11.8 Å². The highest BCUT2D eigenvalue weighted by Crippen LogP contribution is 2.41. The van der Waals surface area contributed by atoms with Gasteiger partial charge in [-0.3, -0.25) is 38.3 Å². The zero-order valence-corrected chi connectivity index (χ0v) is 37.5. The van der Waals surface area contributed by atoms with Crippen molar-refractivity contribution in [3.05, 3.63) is 143 Å². The van der Waals surface area contributed by atoms with E-state index in [0.717, 1.165) is 10.5 Å². The number of thioether (sulfide) groups is 1. The molecule has 3 aliphatic heterocycles. The van der Waals surface area contributed by atoms with Crippen LogP contribution in [0.15, 0.2) is 126 Å². The minimum atomic E-state index is -4.02. The molecule has 0 aromatic heterocycles. The first kappa shape index (κ1) is 48.2. The van der Waals surface area contributed by atoms with E-state index < -0.39 is 75.5 Å². The summed E-state index contributed by atoms with van der Waals surface area (Å²) in [5, 5.41) is 4.44. The minimum absolute atomic E-state index is 0.0666. The normalized spacial score (nSPS) is 17.4. The van der Waals surface area contributed by atoms with Gasteiger partial charge in [0.05, 0.1) is 4.90 Å². The second-order valence-electron chi connectivity index (χ2n) is 14.9. The number of β-lactam (4-membered cyclic amide) rings is 1. The van der Waals surface area contributed by atoms with Crippen LogP contribution in [-0.2, 0) is 48.3 Å². The molecule has 0 bridgehead atoms. The first-order valence-corrected chi connectivity index (χ1v) is 22.8. The zero-order chi connectivity index (χ0) is 47.7. The first-order chi connectivity index (χ1) is 31.5. The number of anilines is 1. The van der Waals surface area contributed by atoms with Crippen molar-refractivity contribution >= 4 is 69.4 Å². The van der Waals surface area contributed by atoms with Crippen molar-refractivity contribution in [2.24, 2.45) is 0 Å². The van der Waals surface area contributed by atoms with E-state index >= 15 is 0 Å². The number of nitrogens with zero attached hydrogens (tertiary/aromatic N) is 3. The van der Waals surface area contributed by atoms with Gasteiger partial charge in [0.2, 0.25) is 11.8 Å². The van der Waals surface area contributed by atoms with Crippen molar-refractivity contribution in [2.45, 2.75) is 49.2 Å². The standard InChI is InChI=1S/C38H38N6O10S.C7H8O3S/c1-3-42-18-19-43(34(49)33(42)48)37(50)41-28(23-14-16-27(39)17-15-23)31(46)40-29-32(47)44-35(26(20-52-22(2)45)21-55-36(29)44)54-38(51)53-30(24-10-6-4-7-11-24)25-12-8-5-9-13-25;1-6-2-4-7(5-3-6)11(8,9)10/h4-17,28-30,36H,3,18-21,39H2,1-2H3,(H,40,46)(H,41,50);2-5H,1H3,(H,8,9,10)/t28-,29-,36+;/m1./s1. The van der Waals surface area contributed by atoms with Crippen LogP contribution in [0.3, 0.4) is 0 Å².